The molecule has 0 bridgehead atoms. The van der Waals surface area contributed by atoms with Crippen molar-refractivity contribution in [3.8, 4) is 57.2 Å². The van der Waals surface area contributed by atoms with Gasteiger partial charge >= 0.3 is 0 Å². The van der Waals surface area contributed by atoms with Crippen molar-refractivity contribution in [2.75, 3.05) is 26.6 Å². The topological polar surface area (TPSA) is 103 Å². The number of para-hydroxylation sites is 1. The monoisotopic (exact) mass is 617 g/mol. The number of carbonyl (C=O) groups is 1. The summed E-state index contributed by atoms with van der Waals surface area (Å²) < 4.78 is 22.5. The first-order valence-electron chi connectivity index (χ1n) is 14.1. The Bertz CT molecular complexity index is 1800. The molecule has 0 spiro atoms. The normalized spacial score (nSPS) is 11.2. The highest BCUT2D eigenvalue weighted by Gasteiger charge is 2.23. The lowest BCUT2D eigenvalue weighted by molar-refractivity contribution is -0.115. The third kappa shape index (κ3) is 7.20. The fraction of sp³-hybridized carbons (Fsp3) is 0.139. The van der Waals surface area contributed by atoms with Crippen LogP contribution < -0.4 is 24.3 Å². The molecule has 9 heteroatoms. The Balaban J connectivity index is 1.45. The molecule has 0 radical (unpaired) electrons. The van der Waals surface area contributed by atoms with Crippen molar-refractivity contribution in [1.29, 1.82) is 5.26 Å². The summed E-state index contributed by atoms with van der Waals surface area (Å²) in [6.07, 6.45) is 0. The van der Waals surface area contributed by atoms with E-state index in [0.29, 0.717) is 56.1 Å². The molecule has 1 aromatic heterocycles. The predicted octanol–water partition coefficient (Wildman–Crippen LogP) is 8.22. The molecule has 0 aliphatic heterocycles. The number of ether oxygens (including phenoxy) is 4. The molecular formula is C36H31N3O5S. The Morgan fingerprint density at radius 2 is 1.40 bits per heavy atom. The van der Waals surface area contributed by atoms with Gasteiger partial charge in [0.25, 0.3) is 0 Å². The third-order valence-electron chi connectivity index (χ3n) is 6.90. The fourth-order valence-electron chi connectivity index (χ4n) is 4.63. The fourth-order valence-corrected chi connectivity index (χ4v) is 5.56. The number of hydrogen-bond donors (Lipinski definition) is 1. The van der Waals surface area contributed by atoms with Crippen LogP contribution in [0.1, 0.15) is 12.5 Å². The van der Waals surface area contributed by atoms with E-state index < -0.39 is 5.25 Å². The van der Waals surface area contributed by atoms with Crippen molar-refractivity contribution >= 4 is 23.4 Å². The van der Waals surface area contributed by atoms with E-state index >= 15 is 0 Å². The Labute approximate surface area is 266 Å². The average molecular weight is 618 g/mol. The predicted molar refractivity (Wildman–Crippen MR) is 176 cm³/mol. The van der Waals surface area contributed by atoms with E-state index in [-0.39, 0.29) is 5.91 Å². The zero-order valence-electron chi connectivity index (χ0n) is 25.2. The maximum Gasteiger partial charge on any atom is 0.237 e. The summed E-state index contributed by atoms with van der Waals surface area (Å²) in [7, 11) is 4.62. The number of nitrogens with zero attached hydrogens (tertiary/aromatic N) is 2. The number of aromatic nitrogens is 1. The van der Waals surface area contributed by atoms with Gasteiger partial charge in [0.1, 0.15) is 22.6 Å². The van der Waals surface area contributed by atoms with Gasteiger partial charge in [-0.05, 0) is 67.1 Å². The first-order valence-corrected chi connectivity index (χ1v) is 14.9. The van der Waals surface area contributed by atoms with E-state index in [1.165, 1.54) is 18.9 Å². The van der Waals surface area contributed by atoms with Crippen molar-refractivity contribution in [1.82, 2.24) is 4.98 Å². The lowest BCUT2D eigenvalue weighted by Gasteiger charge is -2.18. The van der Waals surface area contributed by atoms with Crippen LogP contribution in [0.25, 0.3) is 22.4 Å². The number of thioether (sulfide) groups is 1. The first-order chi connectivity index (χ1) is 21.9. The highest BCUT2D eigenvalue weighted by Crippen LogP contribution is 2.44. The Morgan fingerprint density at radius 1 is 0.800 bits per heavy atom. The van der Waals surface area contributed by atoms with Gasteiger partial charge in [-0.15, -0.1) is 0 Å². The minimum absolute atomic E-state index is 0.234. The number of pyridine rings is 1. The number of amides is 1. The number of carbonyl (C=O) groups excluding carboxylic acids is 1. The molecule has 8 nitrogen and oxygen atoms in total. The van der Waals surface area contributed by atoms with Crippen LogP contribution in [0.3, 0.4) is 0 Å². The summed E-state index contributed by atoms with van der Waals surface area (Å²) in [5.74, 6) is 2.50. The molecule has 5 rings (SSSR count). The molecule has 0 saturated carbocycles. The number of methoxy groups -OCH3 is 3. The second-order valence-electron chi connectivity index (χ2n) is 9.82. The molecule has 5 aromatic rings. The van der Waals surface area contributed by atoms with Crippen LogP contribution in [0, 0.1) is 11.3 Å². The van der Waals surface area contributed by atoms with Crippen molar-refractivity contribution in [2.45, 2.75) is 17.2 Å². The smallest absolute Gasteiger partial charge is 0.237 e. The largest absolute Gasteiger partial charge is 0.493 e. The molecule has 1 N–H and O–H groups in total. The first kappa shape index (κ1) is 31.0. The lowest BCUT2D eigenvalue weighted by atomic mass is 9.98. The van der Waals surface area contributed by atoms with Crippen LogP contribution >= 0.6 is 11.8 Å². The number of rotatable bonds is 11. The third-order valence-corrected chi connectivity index (χ3v) is 7.99. The van der Waals surface area contributed by atoms with Crippen LogP contribution in [0.4, 0.5) is 5.69 Å². The van der Waals surface area contributed by atoms with E-state index in [4.69, 9.17) is 23.9 Å². The van der Waals surface area contributed by atoms with E-state index in [2.05, 4.69) is 11.4 Å². The second kappa shape index (κ2) is 14.3. The van der Waals surface area contributed by atoms with Gasteiger partial charge in [-0.1, -0.05) is 60.3 Å². The zero-order valence-corrected chi connectivity index (χ0v) is 26.1. The van der Waals surface area contributed by atoms with Crippen LogP contribution in [-0.2, 0) is 4.79 Å². The van der Waals surface area contributed by atoms with Crippen LogP contribution in [0.5, 0.6) is 28.7 Å². The molecule has 0 saturated heterocycles. The molecule has 226 valence electrons. The Hall–Kier alpha value is -5.46. The zero-order chi connectivity index (χ0) is 31.8. The van der Waals surface area contributed by atoms with Gasteiger partial charge in [0.2, 0.25) is 11.7 Å². The standard InChI is InChI=1S/C36H31N3O5S/c1-23(35(40)38-26-15-17-28(18-16-26)44-27-13-9-6-10-14-27)45-36-30(22-37)29(21-31(39-36)24-11-7-5-8-12-24)25-19-32(41-2)34(43-4)33(20-25)42-3/h5-21,23H,1-4H3,(H,38,40). The number of benzene rings is 4. The summed E-state index contributed by atoms with van der Waals surface area (Å²) in [5.41, 5.74) is 3.77. The maximum atomic E-state index is 13.3. The Morgan fingerprint density at radius 3 is 1.98 bits per heavy atom. The summed E-state index contributed by atoms with van der Waals surface area (Å²) in [4.78, 5) is 18.2. The van der Waals surface area contributed by atoms with Gasteiger partial charge in [-0.2, -0.15) is 5.26 Å². The molecule has 0 aliphatic rings. The molecule has 0 fully saturated rings. The Kier molecular flexibility index (Phi) is 9.87. The molecule has 1 atom stereocenters. The molecular weight excluding hydrogens is 586 g/mol. The van der Waals surface area contributed by atoms with Crippen molar-refractivity contribution in [3.05, 3.63) is 109 Å². The van der Waals surface area contributed by atoms with E-state index in [1.807, 2.05) is 66.7 Å². The van der Waals surface area contributed by atoms with Gasteiger partial charge in [-0.3, -0.25) is 4.79 Å². The second-order valence-corrected chi connectivity index (χ2v) is 11.1. The number of nitrogens with one attached hydrogen (secondary N) is 1. The van der Waals surface area contributed by atoms with Gasteiger partial charge in [0, 0.05) is 16.8 Å². The highest BCUT2D eigenvalue weighted by molar-refractivity contribution is 8.00. The average Bonchev–Trinajstić information content (AvgIpc) is 3.08. The quantitative estimate of drug-likeness (QED) is 0.148. The summed E-state index contributed by atoms with van der Waals surface area (Å²) in [6.45, 7) is 1.78. The van der Waals surface area contributed by atoms with Crippen LogP contribution in [-0.4, -0.2) is 37.5 Å². The van der Waals surface area contributed by atoms with Crippen molar-refractivity contribution < 1.29 is 23.7 Å². The lowest BCUT2D eigenvalue weighted by Crippen LogP contribution is -2.22. The number of hydrogen-bond acceptors (Lipinski definition) is 8. The minimum atomic E-state index is -0.580. The number of anilines is 1. The van der Waals surface area contributed by atoms with E-state index in [9.17, 15) is 10.1 Å². The molecule has 1 amide bonds. The van der Waals surface area contributed by atoms with Crippen molar-refractivity contribution in [3.63, 3.8) is 0 Å². The molecule has 4 aromatic carbocycles. The number of nitriles is 1. The van der Waals surface area contributed by atoms with E-state index in [0.717, 1.165) is 11.3 Å². The van der Waals surface area contributed by atoms with Crippen LogP contribution in [0.15, 0.2) is 108 Å². The molecule has 1 heterocycles. The summed E-state index contributed by atoms with van der Waals surface area (Å²) in [6, 6.07) is 34.1. The maximum absolute atomic E-state index is 13.3. The SMILES string of the molecule is COc1cc(-c2cc(-c3ccccc3)nc(SC(C)C(=O)Nc3ccc(Oc4ccccc4)cc3)c2C#N)cc(OC)c1OC. The van der Waals surface area contributed by atoms with Gasteiger partial charge < -0.3 is 24.3 Å². The molecule has 0 aliphatic carbocycles. The van der Waals surface area contributed by atoms with Gasteiger partial charge in [-0.25, -0.2) is 4.98 Å². The molecule has 45 heavy (non-hydrogen) atoms. The summed E-state index contributed by atoms with van der Waals surface area (Å²) >= 11 is 1.21. The highest BCUT2D eigenvalue weighted by atomic mass is 32.2. The molecule has 1 unspecified atom stereocenters. The van der Waals surface area contributed by atoms with Gasteiger partial charge in [0.15, 0.2) is 11.5 Å². The summed E-state index contributed by atoms with van der Waals surface area (Å²) in [5, 5.41) is 13.2. The van der Waals surface area contributed by atoms with Crippen molar-refractivity contribution in [2.24, 2.45) is 0 Å². The van der Waals surface area contributed by atoms with Gasteiger partial charge in [0.05, 0.1) is 37.8 Å². The van der Waals surface area contributed by atoms with Crippen LogP contribution in [0.2, 0.25) is 0 Å². The minimum Gasteiger partial charge on any atom is -0.493 e. The van der Waals surface area contributed by atoms with E-state index in [1.54, 1.807) is 57.5 Å².